The standard InChI is InChI=1S/C15H14FNO4/c1-9-7-15(13(10(2)18)8-14(9)16)21-12-5-3-11(4-6-12)17(19)20/h3-8,10,18H,1-2H3. The van der Waals surface area contributed by atoms with Crippen LogP contribution in [0, 0.1) is 22.9 Å². The number of nitro groups is 1. The molecule has 2 rings (SSSR count). The van der Waals surface area contributed by atoms with Gasteiger partial charge in [-0.3, -0.25) is 10.1 Å². The molecule has 0 spiro atoms. The Labute approximate surface area is 120 Å². The van der Waals surface area contributed by atoms with E-state index < -0.39 is 16.8 Å². The van der Waals surface area contributed by atoms with Crippen molar-refractivity contribution in [1.82, 2.24) is 0 Å². The molecular formula is C15H14FNO4. The van der Waals surface area contributed by atoms with E-state index in [0.717, 1.165) is 0 Å². The number of hydrogen-bond acceptors (Lipinski definition) is 4. The average molecular weight is 291 g/mol. The Morgan fingerprint density at radius 3 is 2.43 bits per heavy atom. The molecule has 0 amide bonds. The van der Waals surface area contributed by atoms with E-state index in [1.165, 1.54) is 43.3 Å². The van der Waals surface area contributed by atoms with Crippen molar-refractivity contribution in [3.05, 3.63) is 63.5 Å². The van der Waals surface area contributed by atoms with Crippen molar-refractivity contribution in [2.24, 2.45) is 0 Å². The zero-order valence-corrected chi connectivity index (χ0v) is 11.5. The Kier molecular flexibility index (Phi) is 4.18. The fraction of sp³-hybridized carbons (Fsp3) is 0.200. The zero-order valence-electron chi connectivity index (χ0n) is 11.5. The second-order valence-corrected chi connectivity index (χ2v) is 4.67. The van der Waals surface area contributed by atoms with Gasteiger partial charge in [0.1, 0.15) is 17.3 Å². The highest BCUT2D eigenvalue weighted by molar-refractivity contribution is 5.44. The van der Waals surface area contributed by atoms with Crippen LogP contribution in [0.2, 0.25) is 0 Å². The van der Waals surface area contributed by atoms with Crippen molar-refractivity contribution in [3.8, 4) is 11.5 Å². The predicted octanol–water partition coefficient (Wildman–Crippen LogP) is 3.89. The monoisotopic (exact) mass is 291 g/mol. The highest BCUT2D eigenvalue weighted by atomic mass is 19.1. The van der Waals surface area contributed by atoms with E-state index in [1.807, 2.05) is 0 Å². The van der Waals surface area contributed by atoms with Crippen LogP contribution in [0.1, 0.15) is 24.2 Å². The van der Waals surface area contributed by atoms with Crippen molar-refractivity contribution in [3.63, 3.8) is 0 Å². The van der Waals surface area contributed by atoms with Crippen molar-refractivity contribution < 1.29 is 19.2 Å². The molecular weight excluding hydrogens is 277 g/mol. The summed E-state index contributed by atoms with van der Waals surface area (Å²) in [6.07, 6.45) is -0.895. The van der Waals surface area contributed by atoms with Gasteiger partial charge in [0.15, 0.2) is 0 Å². The topological polar surface area (TPSA) is 72.6 Å². The molecule has 1 atom stereocenters. The predicted molar refractivity (Wildman–Crippen MR) is 74.9 cm³/mol. The number of aryl methyl sites for hydroxylation is 1. The molecule has 0 aliphatic rings. The maximum atomic E-state index is 13.6. The molecule has 0 radical (unpaired) electrons. The minimum atomic E-state index is -0.895. The number of aliphatic hydroxyl groups is 1. The van der Waals surface area contributed by atoms with Gasteiger partial charge in [-0.15, -0.1) is 0 Å². The third-order valence-electron chi connectivity index (χ3n) is 3.02. The van der Waals surface area contributed by atoms with E-state index in [9.17, 15) is 19.6 Å². The molecule has 21 heavy (non-hydrogen) atoms. The summed E-state index contributed by atoms with van der Waals surface area (Å²) < 4.78 is 19.2. The van der Waals surface area contributed by atoms with Crippen LogP contribution in [-0.2, 0) is 0 Å². The molecule has 0 heterocycles. The van der Waals surface area contributed by atoms with Crippen LogP contribution < -0.4 is 4.74 Å². The lowest BCUT2D eigenvalue weighted by Crippen LogP contribution is -1.99. The molecule has 0 saturated heterocycles. The number of nitrogens with zero attached hydrogens (tertiary/aromatic N) is 1. The molecule has 0 bridgehead atoms. The van der Waals surface area contributed by atoms with Crippen LogP contribution in [0.5, 0.6) is 11.5 Å². The first kappa shape index (κ1) is 14.9. The van der Waals surface area contributed by atoms with Gasteiger partial charge in [-0.25, -0.2) is 4.39 Å². The van der Waals surface area contributed by atoms with Crippen LogP contribution in [-0.4, -0.2) is 10.0 Å². The first-order valence-electron chi connectivity index (χ1n) is 6.29. The SMILES string of the molecule is Cc1cc(Oc2ccc([N+](=O)[O-])cc2)c(C(C)O)cc1F. The van der Waals surface area contributed by atoms with Gasteiger partial charge >= 0.3 is 0 Å². The maximum Gasteiger partial charge on any atom is 0.269 e. The minimum Gasteiger partial charge on any atom is -0.457 e. The summed E-state index contributed by atoms with van der Waals surface area (Å²) in [4.78, 5) is 10.1. The second kappa shape index (κ2) is 5.88. The number of hydrogen-bond donors (Lipinski definition) is 1. The van der Waals surface area contributed by atoms with Crippen molar-refractivity contribution in [2.75, 3.05) is 0 Å². The van der Waals surface area contributed by atoms with Crippen molar-refractivity contribution in [2.45, 2.75) is 20.0 Å². The first-order valence-corrected chi connectivity index (χ1v) is 6.29. The Balaban J connectivity index is 2.34. The molecule has 0 aliphatic carbocycles. The number of halogens is 1. The molecule has 2 aromatic rings. The Morgan fingerprint density at radius 1 is 1.29 bits per heavy atom. The Hall–Kier alpha value is -2.47. The van der Waals surface area contributed by atoms with Gasteiger partial charge in [0.25, 0.3) is 5.69 Å². The fourth-order valence-electron chi connectivity index (χ4n) is 1.85. The third kappa shape index (κ3) is 3.35. The highest BCUT2D eigenvalue weighted by Gasteiger charge is 2.14. The van der Waals surface area contributed by atoms with Gasteiger partial charge in [0.05, 0.1) is 11.0 Å². The molecule has 6 heteroatoms. The van der Waals surface area contributed by atoms with Gasteiger partial charge < -0.3 is 9.84 Å². The smallest absolute Gasteiger partial charge is 0.269 e. The first-order chi connectivity index (χ1) is 9.88. The molecule has 0 aliphatic heterocycles. The highest BCUT2D eigenvalue weighted by Crippen LogP contribution is 2.32. The van der Waals surface area contributed by atoms with E-state index in [-0.39, 0.29) is 5.69 Å². The zero-order chi connectivity index (χ0) is 15.6. The lowest BCUT2D eigenvalue weighted by molar-refractivity contribution is -0.384. The lowest BCUT2D eigenvalue weighted by atomic mass is 10.1. The molecule has 1 N–H and O–H groups in total. The van der Waals surface area contributed by atoms with Crippen LogP contribution in [0.25, 0.3) is 0 Å². The Bertz CT molecular complexity index is 668. The van der Waals surface area contributed by atoms with Gasteiger partial charge in [0.2, 0.25) is 0 Å². The van der Waals surface area contributed by atoms with E-state index in [1.54, 1.807) is 6.92 Å². The molecule has 0 aromatic heterocycles. The number of ether oxygens (including phenoxy) is 1. The van der Waals surface area contributed by atoms with E-state index in [2.05, 4.69) is 0 Å². The molecule has 5 nitrogen and oxygen atoms in total. The van der Waals surface area contributed by atoms with Crippen molar-refractivity contribution >= 4 is 5.69 Å². The number of nitro benzene ring substituents is 1. The molecule has 0 fully saturated rings. The van der Waals surface area contributed by atoms with Crippen molar-refractivity contribution in [1.29, 1.82) is 0 Å². The van der Waals surface area contributed by atoms with Crippen LogP contribution in [0.15, 0.2) is 36.4 Å². The lowest BCUT2D eigenvalue weighted by Gasteiger charge is -2.14. The average Bonchev–Trinajstić information content (AvgIpc) is 2.43. The molecule has 1 unspecified atom stereocenters. The van der Waals surface area contributed by atoms with Gasteiger partial charge in [0, 0.05) is 17.7 Å². The summed E-state index contributed by atoms with van der Waals surface area (Å²) in [6.45, 7) is 3.09. The summed E-state index contributed by atoms with van der Waals surface area (Å²) in [5.41, 5.74) is 0.654. The van der Waals surface area contributed by atoms with Gasteiger partial charge in [-0.05, 0) is 43.7 Å². The summed E-state index contributed by atoms with van der Waals surface area (Å²) in [6, 6.07) is 8.23. The number of rotatable bonds is 4. The summed E-state index contributed by atoms with van der Waals surface area (Å²) >= 11 is 0. The summed E-state index contributed by atoms with van der Waals surface area (Å²) in [5, 5.41) is 20.3. The van der Waals surface area contributed by atoms with Gasteiger partial charge in [-0.1, -0.05) is 0 Å². The normalized spacial score (nSPS) is 12.0. The fourth-order valence-corrected chi connectivity index (χ4v) is 1.85. The summed E-state index contributed by atoms with van der Waals surface area (Å²) in [7, 11) is 0. The molecule has 2 aromatic carbocycles. The van der Waals surface area contributed by atoms with E-state index in [4.69, 9.17) is 4.74 Å². The number of non-ortho nitro benzene ring substituents is 1. The largest absolute Gasteiger partial charge is 0.457 e. The van der Waals surface area contributed by atoms with Gasteiger partial charge in [-0.2, -0.15) is 0 Å². The van der Waals surface area contributed by atoms with Crippen LogP contribution in [0.3, 0.4) is 0 Å². The quantitative estimate of drug-likeness (QED) is 0.685. The Morgan fingerprint density at radius 2 is 1.90 bits per heavy atom. The number of benzene rings is 2. The molecule has 110 valence electrons. The van der Waals surface area contributed by atoms with E-state index >= 15 is 0 Å². The van der Waals surface area contributed by atoms with E-state index in [0.29, 0.717) is 22.6 Å². The van der Waals surface area contributed by atoms with Crippen LogP contribution >= 0.6 is 0 Å². The number of aliphatic hydroxyl groups excluding tert-OH is 1. The minimum absolute atomic E-state index is 0.0478. The second-order valence-electron chi connectivity index (χ2n) is 4.67. The maximum absolute atomic E-state index is 13.6. The molecule has 0 saturated carbocycles. The summed E-state index contributed by atoms with van der Waals surface area (Å²) in [5.74, 6) is 0.258. The van der Waals surface area contributed by atoms with Crippen LogP contribution in [0.4, 0.5) is 10.1 Å². The third-order valence-corrected chi connectivity index (χ3v) is 3.02.